The van der Waals surface area contributed by atoms with Gasteiger partial charge in [-0.15, -0.1) is 0 Å². The predicted octanol–water partition coefficient (Wildman–Crippen LogP) is 3.27. The Hall–Kier alpha value is -2.53. The molecule has 26 heavy (non-hydrogen) atoms. The van der Waals surface area contributed by atoms with Gasteiger partial charge < -0.3 is 15.0 Å². The Kier molecular flexibility index (Phi) is 7.48. The van der Waals surface area contributed by atoms with E-state index in [0.29, 0.717) is 17.3 Å². The topological polar surface area (TPSA) is 58.6 Å². The molecule has 138 valence electrons. The predicted molar refractivity (Wildman–Crippen MR) is 102 cm³/mol. The van der Waals surface area contributed by atoms with Gasteiger partial charge in [0.1, 0.15) is 5.75 Å². The SMILES string of the molecule is CC(C)N(Cc1ccccc1)C(=O)CNC(=O)COc1ccc(Cl)cc1. The van der Waals surface area contributed by atoms with Gasteiger partial charge in [-0.1, -0.05) is 41.9 Å². The first-order valence-electron chi connectivity index (χ1n) is 8.44. The second kappa shape index (κ2) is 9.82. The van der Waals surface area contributed by atoms with Crippen molar-refractivity contribution in [2.24, 2.45) is 0 Å². The van der Waals surface area contributed by atoms with E-state index in [9.17, 15) is 9.59 Å². The van der Waals surface area contributed by atoms with Gasteiger partial charge in [-0.2, -0.15) is 0 Å². The van der Waals surface area contributed by atoms with Crippen LogP contribution in [-0.4, -0.2) is 35.9 Å². The van der Waals surface area contributed by atoms with E-state index >= 15 is 0 Å². The van der Waals surface area contributed by atoms with Gasteiger partial charge in [0.05, 0.1) is 6.54 Å². The zero-order valence-electron chi connectivity index (χ0n) is 14.9. The Morgan fingerprint density at radius 2 is 1.73 bits per heavy atom. The molecule has 6 heteroatoms. The van der Waals surface area contributed by atoms with Gasteiger partial charge in [0.2, 0.25) is 5.91 Å². The van der Waals surface area contributed by atoms with Crippen LogP contribution < -0.4 is 10.1 Å². The monoisotopic (exact) mass is 374 g/mol. The largest absolute Gasteiger partial charge is 0.484 e. The lowest BCUT2D eigenvalue weighted by Crippen LogP contribution is -2.44. The number of benzene rings is 2. The second-order valence-corrected chi connectivity index (χ2v) is 6.56. The van der Waals surface area contributed by atoms with Crippen LogP contribution in [0.15, 0.2) is 54.6 Å². The number of halogens is 1. The van der Waals surface area contributed by atoms with Crippen LogP contribution in [0, 0.1) is 0 Å². The molecular formula is C20H23ClN2O3. The molecular weight excluding hydrogens is 352 g/mol. The van der Waals surface area contributed by atoms with E-state index in [1.54, 1.807) is 29.2 Å². The summed E-state index contributed by atoms with van der Waals surface area (Å²) in [5, 5.41) is 3.20. The summed E-state index contributed by atoms with van der Waals surface area (Å²) < 4.78 is 5.36. The summed E-state index contributed by atoms with van der Waals surface area (Å²) in [6.07, 6.45) is 0. The molecule has 0 aliphatic rings. The number of hydrogen-bond donors (Lipinski definition) is 1. The van der Waals surface area contributed by atoms with Gasteiger partial charge in [-0.25, -0.2) is 0 Å². The highest BCUT2D eigenvalue weighted by Gasteiger charge is 2.18. The standard InChI is InChI=1S/C20H23ClN2O3/c1-15(2)23(13-16-6-4-3-5-7-16)20(25)12-22-19(24)14-26-18-10-8-17(21)9-11-18/h3-11,15H,12-14H2,1-2H3,(H,22,24). The van der Waals surface area contributed by atoms with Crippen LogP contribution in [0.25, 0.3) is 0 Å². The van der Waals surface area contributed by atoms with Crippen LogP contribution in [0.4, 0.5) is 0 Å². The lowest BCUT2D eigenvalue weighted by molar-refractivity contribution is -0.135. The average Bonchev–Trinajstić information content (AvgIpc) is 2.64. The molecule has 0 aromatic heterocycles. The Labute approximate surface area is 158 Å². The number of amides is 2. The number of carbonyl (C=O) groups excluding carboxylic acids is 2. The van der Waals surface area contributed by atoms with Crippen LogP contribution >= 0.6 is 11.6 Å². The molecule has 5 nitrogen and oxygen atoms in total. The number of hydrogen-bond acceptors (Lipinski definition) is 3. The van der Waals surface area contributed by atoms with E-state index in [-0.39, 0.29) is 31.0 Å². The van der Waals surface area contributed by atoms with E-state index in [0.717, 1.165) is 5.56 Å². The smallest absolute Gasteiger partial charge is 0.258 e. The van der Waals surface area contributed by atoms with Crippen molar-refractivity contribution in [3.05, 3.63) is 65.2 Å². The number of nitrogens with zero attached hydrogens (tertiary/aromatic N) is 1. The lowest BCUT2D eigenvalue weighted by atomic mass is 10.2. The zero-order valence-corrected chi connectivity index (χ0v) is 15.7. The first-order chi connectivity index (χ1) is 12.5. The van der Waals surface area contributed by atoms with E-state index < -0.39 is 0 Å². The van der Waals surface area contributed by atoms with Crippen LogP contribution in [-0.2, 0) is 16.1 Å². The van der Waals surface area contributed by atoms with Crippen molar-refractivity contribution in [2.45, 2.75) is 26.4 Å². The van der Waals surface area contributed by atoms with Gasteiger partial charge in [0.25, 0.3) is 5.91 Å². The van der Waals surface area contributed by atoms with E-state index in [1.807, 2.05) is 44.2 Å². The zero-order chi connectivity index (χ0) is 18.9. The summed E-state index contributed by atoms with van der Waals surface area (Å²) in [4.78, 5) is 26.1. The Balaban J connectivity index is 1.81. The number of rotatable bonds is 8. The van der Waals surface area contributed by atoms with Crippen molar-refractivity contribution in [1.82, 2.24) is 10.2 Å². The molecule has 2 aromatic carbocycles. The summed E-state index contributed by atoms with van der Waals surface area (Å²) in [5.74, 6) is 0.0594. The maximum Gasteiger partial charge on any atom is 0.258 e. The van der Waals surface area contributed by atoms with Gasteiger partial charge in [0, 0.05) is 17.6 Å². The fourth-order valence-electron chi connectivity index (χ4n) is 2.35. The van der Waals surface area contributed by atoms with E-state index in [1.165, 1.54) is 0 Å². The minimum absolute atomic E-state index is 0.0323. The third-order valence-electron chi connectivity index (χ3n) is 3.76. The first kappa shape index (κ1) is 19.8. The molecule has 0 atom stereocenters. The summed E-state index contributed by atoms with van der Waals surface area (Å²) in [5.41, 5.74) is 1.05. The highest BCUT2D eigenvalue weighted by molar-refractivity contribution is 6.30. The highest BCUT2D eigenvalue weighted by Crippen LogP contribution is 2.15. The van der Waals surface area contributed by atoms with Crippen LogP contribution in [0.3, 0.4) is 0 Å². The minimum atomic E-state index is -0.350. The maximum absolute atomic E-state index is 12.5. The number of nitrogens with one attached hydrogen (secondary N) is 1. The quantitative estimate of drug-likeness (QED) is 0.771. The Morgan fingerprint density at radius 3 is 2.35 bits per heavy atom. The lowest BCUT2D eigenvalue weighted by Gasteiger charge is -2.27. The fourth-order valence-corrected chi connectivity index (χ4v) is 2.47. The van der Waals surface area contributed by atoms with Crippen molar-refractivity contribution in [3.8, 4) is 5.75 Å². The van der Waals surface area contributed by atoms with Crippen molar-refractivity contribution >= 4 is 23.4 Å². The van der Waals surface area contributed by atoms with Crippen molar-refractivity contribution in [2.75, 3.05) is 13.2 Å². The first-order valence-corrected chi connectivity index (χ1v) is 8.82. The molecule has 0 fully saturated rings. The van der Waals surface area contributed by atoms with Gasteiger partial charge in [-0.3, -0.25) is 9.59 Å². The van der Waals surface area contributed by atoms with Crippen molar-refractivity contribution < 1.29 is 14.3 Å². The van der Waals surface area contributed by atoms with Crippen molar-refractivity contribution in [1.29, 1.82) is 0 Å². The molecule has 0 spiro atoms. The van der Waals surface area contributed by atoms with E-state index in [4.69, 9.17) is 16.3 Å². The summed E-state index contributed by atoms with van der Waals surface area (Å²) in [6.45, 7) is 4.19. The summed E-state index contributed by atoms with van der Waals surface area (Å²) >= 11 is 5.80. The molecule has 0 radical (unpaired) electrons. The molecule has 0 bridgehead atoms. The fraction of sp³-hybridized carbons (Fsp3) is 0.300. The number of carbonyl (C=O) groups is 2. The molecule has 2 amide bonds. The molecule has 0 heterocycles. The maximum atomic E-state index is 12.5. The molecule has 0 aliphatic heterocycles. The van der Waals surface area contributed by atoms with Crippen LogP contribution in [0.1, 0.15) is 19.4 Å². The summed E-state index contributed by atoms with van der Waals surface area (Å²) in [6, 6.07) is 16.5. The van der Waals surface area contributed by atoms with E-state index in [2.05, 4.69) is 5.32 Å². The number of ether oxygens (including phenoxy) is 1. The molecule has 2 aromatic rings. The summed E-state index contributed by atoms with van der Waals surface area (Å²) in [7, 11) is 0. The minimum Gasteiger partial charge on any atom is -0.484 e. The van der Waals surface area contributed by atoms with Gasteiger partial charge in [-0.05, 0) is 43.7 Å². The van der Waals surface area contributed by atoms with Crippen LogP contribution in [0.2, 0.25) is 5.02 Å². The Bertz CT molecular complexity index is 718. The average molecular weight is 375 g/mol. The van der Waals surface area contributed by atoms with Crippen molar-refractivity contribution in [3.63, 3.8) is 0 Å². The molecule has 2 rings (SSSR count). The molecule has 0 saturated heterocycles. The van der Waals surface area contributed by atoms with Gasteiger partial charge in [0.15, 0.2) is 6.61 Å². The van der Waals surface area contributed by atoms with Crippen LogP contribution in [0.5, 0.6) is 5.75 Å². The third-order valence-corrected chi connectivity index (χ3v) is 4.01. The highest BCUT2D eigenvalue weighted by atomic mass is 35.5. The second-order valence-electron chi connectivity index (χ2n) is 6.12. The molecule has 1 N–H and O–H groups in total. The molecule has 0 aliphatic carbocycles. The normalized spacial score (nSPS) is 10.5. The van der Waals surface area contributed by atoms with Gasteiger partial charge >= 0.3 is 0 Å². The molecule has 0 saturated carbocycles. The molecule has 0 unspecified atom stereocenters. The Morgan fingerprint density at radius 1 is 1.08 bits per heavy atom. The third kappa shape index (κ3) is 6.41.